The Labute approximate surface area is 95.7 Å². The maximum absolute atomic E-state index is 11.8. The smallest absolute Gasteiger partial charge is 0.151 e. The van der Waals surface area contributed by atoms with Crippen LogP contribution in [0.15, 0.2) is 24.5 Å². The molecule has 4 heteroatoms. The quantitative estimate of drug-likeness (QED) is 0.809. The standard InChI is InChI=1S/C12H17N3O/c1-10(16)12(11-3-2-4-14-9-11)15-7-5-13-6-8-15/h2-4,9,12-13H,5-8H2,1H3. The summed E-state index contributed by atoms with van der Waals surface area (Å²) in [6.45, 7) is 5.38. The predicted octanol–water partition coefficient (Wildman–Crippen LogP) is 0.617. The molecule has 1 fully saturated rings. The van der Waals surface area contributed by atoms with Gasteiger partial charge in [0.15, 0.2) is 5.78 Å². The first-order valence-electron chi connectivity index (χ1n) is 5.64. The van der Waals surface area contributed by atoms with Crippen molar-refractivity contribution >= 4 is 5.78 Å². The highest BCUT2D eigenvalue weighted by Crippen LogP contribution is 2.21. The van der Waals surface area contributed by atoms with Gasteiger partial charge in [-0.1, -0.05) is 6.07 Å². The molecule has 1 aromatic heterocycles. The normalized spacial score (nSPS) is 19.3. The molecule has 1 saturated heterocycles. The van der Waals surface area contributed by atoms with Crippen molar-refractivity contribution in [3.05, 3.63) is 30.1 Å². The molecule has 0 saturated carbocycles. The summed E-state index contributed by atoms with van der Waals surface area (Å²) in [7, 11) is 0. The number of nitrogens with zero attached hydrogens (tertiary/aromatic N) is 2. The molecule has 16 heavy (non-hydrogen) atoms. The van der Waals surface area contributed by atoms with Gasteiger partial charge in [0.1, 0.15) is 0 Å². The van der Waals surface area contributed by atoms with Gasteiger partial charge in [-0.05, 0) is 18.6 Å². The summed E-state index contributed by atoms with van der Waals surface area (Å²) in [6.07, 6.45) is 3.52. The van der Waals surface area contributed by atoms with Crippen LogP contribution in [-0.4, -0.2) is 41.8 Å². The molecule has 1 aliphatic rings. The Morgan fingerprint density at radius 3 is 2.81 bits per heavy atom. The van der Waals surface area contributed by atoms with E-state index < -0.39 is 0 Å². The van der Waals surface area contributed by atoms with Gasteiger partial charge >= 0.3 is 0 Å². The van der Waals surface area contributed by atoms with Gasteiger partial charge in [0.05, 0.1) is 6.04 Å². The third-order valence-corrected chi connectivity index (χ3v) is 2.90. The van der Waals surface area contributed by atoms with E-state index in [0.717, 1.165) is 31.7 Å². The van der Waals surface area contributed by atoms with Crippen LogP contribution >= 0.6 is 0 Å². The van der Waals surface area contributed by atoms with E-state index in [1.54, 1.807) is 19.3 Å². The average molecular weight is 219 g/mol. The Morgan fingerprint density at radius 2 is 2.25 bits per heavy atom. The molecule has 0 aromatic carbocycles. The number of carbonyl (C=O) groups is 1. The van der Waals surface area contributed by atoms with Crippen LogP contribution in [0, 0.1) is 0 Å². The summed E-state index contributed by atoms with van der Waals surface area (Å²) in [4.78, 5) is 18.1. The number of ketones is 1. The van der Waals surface area contributed by atoms with Crippen LogP contribution in [0.3, 0.4) is 0 Å². The average Bonchev–Trinajstić information content (AvgIpc) is 2.31. The molecule has 1 N–H and O–H groups in total. The van der Waals surface area contributed by atoms with Gasteiger partial charge in [0.25, 0.3) is 0 Å². The first kappa shape index (κ1) is 11.2. The zero-order valence-electron chi connectivity index (χ0n) is 9.52. The lowest BCUT2D eigenvalue weighted by Crippen LogP contribution is -2.46. The summed E-state index contributed by atoms with van der Waals surface area (Å²) in [6, 6.07) is 3.73. The lowest BCUT2D eigenvalue weighted by Gasteiger charge is -2.33. The van der Waals surface area contributed by atoms with Gasteiger partial charge < -0.3 is 5.32 Å². The number of piperazine rings is 1. The number of nitrogens with one attached hydrogen (secondary N) is 1. The fraction of sp³-hybridized carbons (Fsp3) is 0.500. The number of carbonyl (C=O) groups excluding carboxylic acids is 1. The Morgan fingerprint density at radius 1 is 1.50 bits per heavy atom. The van der Waals surface area contributed by atoms with E-state index >= 15 is 0 Å². The van der Waals surface area contributed by atoms with E-state index in [4.69, 9.17) is 0 Å². The molecule has 0 bridgehead atoms. The minimum absolute atomic E-state index is 0.129. The van der Waals surface area contributed by atoms with Crippen molar-refractivity contribution < 1.29 is 4.79 Å². The van der Waals surface area contributed by atoms with Gasteiger partial charge in [0.2, 0.25) is 0 Å². The van der Waals surface area contributed by atoms with Crippen LogP contribution in [0.5, 0.6) is 0 Å². The molecule has 1 aromatic rings. The Kier molecular flexibility index (Phi) is 3.64. The number of hydrogen-bond acceptors (Lipinski definition) is 4. The van der Waals surface area contributed by atoms with Crippen molar-refractivity contribution in [3.8, 4) is 0 Å². The molecule has 1 atom stereocenters. The van der Waals surface area contributed by atoms with E-state index in [-0.39, 0.29) is 11.8 Å². The molecular weight excluding hydrogens is 202 g/mol. The third-order valence-electron chi connectivity index (χ3n) is 2.90. The second kappa shape index (κ2) is 5.18. The summed E-state index contributed by atoms with van der Waals surface area (Å²) >= 11 is 0. The second-order valence-corrected chi connectivity index (χ2v) is 4.09. The Balaban J connectivity index is 2.20. The molecule has 0 aliphatic carbocycles. The minimum Gasteiger partial charge on any atom is -0.314 e. The number of Topliss-reactive ketones (excluding diaryl/α,β-unsaturated/α-hetero) is 1. The zero-order valence-corrected chi connectivity index (χ0v) is 9.52. The monoisotopic (exact) mass is 219 g/mol. The largest absolute Gasteiger partial charge is 0.314 e. The molecule has 0 radical (unpaired) electrons. The highest BCUT2D eigenvalue weighted by atomic mass is 16.1. The van der Waals surface area contributed by atoms with Gasteiger partial charge in [-0.3, -0.25) is 14.7 Å². The molecule has 86 valence electrons. The maximum Gasteiger partial charge on any atom is 0.151 e. The fourth-order valence-electron chi connectivity index (χ4n) is 2.18. The SMILES string of the molecule is CC(=O)C(c1cccnc1)N1CCNCC1. The number of pyridine rings is 1. The molecule has 1 aliphatic heterocycles. The van der Waals surface area contributed by atoms with E-state index in [9.17, 15) is 4.79 Å². The second-order valence-electron chi connectivity index (χ2n) is 4.09. The van der Waals surface area contributed by atoms with Gasteiger partial charge in [-0.2, -0.15) is 0 Å². The van der Waals surface area contributed by atoms with Gasteiger partial charge in [0, 0.05) is 38.6 Å². The molecular formula is C12H17N3O. The van der Waals surface area contributed by atoms with Crippen LogP contribution in [0.2, 0.25) is 0 Å². The summed E-state index contributed by atoms with van der Waals surface area (Å²) < 4.78 is 0. The van der Waals surface area contributed by atoms with Crippen molar-refractivity contribution in [2.24, 2.45) is 0 Å². The topological polar surface area (TPSA) is 45.2 Å². The molecule has 2 rings (SSSR count). The Bertz CT molecular complexity index is 347. The maximum atomic E-state index is 11.8. The van der Waals surface area contributed by atoms with Gasteiger partial charge in [-0.25, -0.2) is 0 Å². The molecule has 1 unspecified atom stereocenters. The van der Waals surface area contributed by atoms with Crippen molar-refractivity contribution in [2.45, 2.75) is 13.0 Å². The molecule has 2 heterocycles. The first-order chi connectivity index (χ1) is 7.79. The summed E-state index contributed by atoms with van der Waals surface area (Å²) in [5.41, 5.74) is 0.997. The lowest BCUT2D eigenvalue weighted by molar-refractivity contribution is -0.122. The molecule has 0 spiro atoms. The van der Waals surface area contributed by atoms with Crippen molar-refractivity contribution in [3.63, 3.8) is 0 Å². The van der Waals surface area contributed by atoms with Crippen LogP contribution < -0.4 is 5.32 Å². The van der Waals surface area contributed by atoms with Crippen LogP contribution in [0.1, 0.15) is 18.5 Å². The highest BCUT2D eigenvalue weighted by molar-refractivity contribution is 5.82. The van der Waals surface area contributed by atoms with Crippen molar-refractivity contribution in [2.75, 3.05) is 26.2 Å². The molecule has 0 amide bonds. The minimum atomic E-state index is -0.129. The number of hydrogen-bond donors (Lipinski definition) is 1. The predicted molar refractivity (Wildman–Crippen MR) is 62.1 cm³/mol. The summed E-state index contributed by atoms with van der Waals surface area (Å²) in [5, 5.41) is 3.29. The van der Waals surface area contributed by atoms with E-state index in [0.29, 0.717) is 0 Å². The van der Waals surface area contributed by atoms with Crippen molar-refractivity contribution in [1.82, 2.24) is 15.2 Å². The van der Waals surface area contributed by atoms with Crippen LogP contribution in [0.4, 0.5) is 0 Å². The van der Waals surface area contributed by atoms with Crippen LogP contribution in [0.25, 0.3) is 0 Å². The zero-order chi connectivity index (χ0) is 11.4. The molecule has 4 nitrogen and oxygen atoms in total. The van der Waals surface area contributed by atoms with E-state index in [2.05, 4.69) is 15.2 Å². The van der Waals surface area contributed by atoms with E-state index in [1.165, 1.54) is 0 Å². The summed E-state index contributed by atoms with van der Waals surface area (Å²) in [5.74, 6) is 0.190. The first-order valence-corrected chi connectivity index (χ1v) is 5.64. The fourth-order valence-corrected chi connectivity index (χ4v) is 2.18. The van der Waals surface area contributed by atoms with Crippen molar-refractivity contribution in [1.29, 1.82) is 0 Å². The van der Waals surface area contributed by atoms with Crippen LogP contribution in [-0.2, 0) is 4.79 Å². The number of aromatic nitrogens is 1. The Hall–Kier alpha value is -1.26. The third kappa shape index (κ3) is 2.46. The van der Waals surface area contributed by atoms with E-state index in [1.807, 2.05) is 12.1 Å². The highest BCUT2D eigenvalue weighted by Gasteiger charge is 2.25. The number of rotatable bonds is 3. The van der Waals surface area contributed by atoms with Gasteiger partial charge in [-0.15, -0.1) is 0 Å². The lowest BCUT2D eigenvalue weighted by atomic mass is 10.0.